The van der Waals surface area contributed by atoms with Crippen molar-refractivity contribution in [2.45, 2.75) is 32.4 Å². The monoisotopic (exact) mass is 399 g/mol. The fourth-order valence-electron chi connectivity index (χ4n) is 3.38. The van der Waals surface area contributed by atoms with Gasteiger partial charge >= 0.3 is 0 Å². The standard InChI is InChI=1S/C21H29N5O3/c1-25(2)13-11-22-21(28)19-24-18(17-6-4-5-12-26(17)19)20(27)23-14-15-7-9-16(29-3)10-8-15/h7-10H,4-6,11-14H2,1-3H3,(H,22,28)(H,23,27). The van der Waals surface area contributed by atoms with E-state index in [0.717, 1.165) is 42.8 Å². The quantitative estimate of drug-likeness (QED) is 0.701. The maximum Gasteiger partial charge on any atom is 0.287 e. The van der Waals surface area contributed by atoms with Crippen LogP contribution >= 0.6 is 0 Å². The highest BCUT2D eigenvalue weighted by molar-refractivity contribution is 5.97. The van der Waals surface area contributed by atoms with Gasteiger partial charge in [0.15, 0.2) is 5.82 Å². The maximum atomic E-state index is 12.8. The molecule has 0 saturated heterocycles. The van der Waals surface area contributed by atoms with Crippen LogP contribution in [0.1, 0.15) is 45.2 Å². The first kappa shape index (κ1) is 20.9. The number of nitrogens with zero attached hydrogens (tertiary/aromatic N) is 3. The molecule has 0 spiro atoms. The van der Waals surface area contributed by atoms with Crippen molar-refractivity contribution in [1.29, 1.82) is 0 Å². The molecule has 8 nitrogen and oxygen atoms in total. The summed E-state index contributed by atoms with van der Waals surface area (Å²) in [6.45, 7) is 2.38. The van der Waals surface area contributed by atoms with Crippen LogP contribution in [0.2, 0.25) is 0 Å². The Morgan fingerprint density at radius 2 is 1.90 bits per heavy atom. The number of methoxy groups -OCH3 is 1. The predicted octanol–water partition coefficient (Wildman–Crippen LogP) is 1.45. The lowest BCUT2D eigenvalue weighted by Crippen LogP contribution is -2.33. The first-order chi connectivity index (χ1) is 14.0. The van der Waals surface area contributed by atoms with Crippen LogP contribution in [0.25, 0.3) is 0 Å². The van der Waals surface area contributed by atoms with Crippen molar-refractivity contribution in [3.05, 3.63) is 47.0 Å². The number of hydrogen-bond donors (Lipinski definition) is 2. The van der Waals surface area contributed by atoms with Gasteiger partial charge in [0.1, 0.15) is 11.4 Å². The molecule has 0 radical (unpaired) electrons. The molecule has 0 aliphatic carbocycles. The van der Waals surface area contributed by atoms with E-state index in [0.29, 0.717) is 31.2 Å². The number of ether oxygens (including phenoxy) is 1. The molecule has 29 heavy (non-hydrogen) atoms. The van der Waals surface area contributed by atoms with Gasteiger partial charge in [0.05, 0.1) is 12.8 Å². The summed E-state index contributed by atoms with van der Waals surface area (Å²) in [7, 11) is 5.52. The molecule has 1 aliphatic heterocycles. The first-order valence-electron chi connectivity index (χ1n) is 9.93. The molecule has 3 rings (SSSR count). The molecule has 2 aromatic rings. The van der Waals surface area contributed by atoms with Gasteiger partial charge in [-0.2, -0.15) is 0 Å². The third-order valence-electron chi connectivity index (χ3n) is 4.99. The number of amides is 2. The number of fused-ring (bicyclic) bond motifs is 1. The maximum absolute atomic E-state index is 12.8. The summed E-state index contributed by atoms with van der Waals surface area (Å²) in [4.78, 5) is 31.9. The van der Waals surface area contributed by atoms with E-state index in [1.165, 1.54) is 0 Å². The summed E-state index contributed by atoms with van der Waals surface area (Å²) in [5, 5.41) is 5.81. The number of imidazole rings is 1. The van der Waals surface area contributed by atoms with Gasteiger partial charge in [-0.25, -0.2) is 4.98 Å². The predicted molar refractivity (Wildman–Crippen MR) is 110 cm³/mol. The van der Waals surface area contributed by atoms with Crippen LogP contribution in [0.15, 0.2) is 24.3 Å². The zero-order valence-corrected chi connectivity index (χ0v) is 17.3. The van der Waals surface area contributed by atoms with Crippen LogP contribution in [0.5, 0.6) is 5.75 Å². The molecule has 1 aromatic carbocycles. The van der Waals surface area contributed by atoms with E-state index >= 15 is 0 Å². The average molecular weight is 399 g/mol. The molecule has 1 aromatic heterocycles. The summed E-state index contributed by atoms with van der Waals surface area (Å²) in [5.74, 6) is 0.615. The van der Waals surface area contributed by atoms with E-state index in [4.69, 9.17) is 4.74 Å². The van der Waals surface area contributed by atoms with Gasteiger partial charge < -0.3 is 24.8 Å². The molecule has 2 N–H and O–H groups in total. The van der Waals surface area contributed by atoms with Gasteiger partial charge in [-0.15, -0.1) is 0 Å². The minimum absolute atomic E-state index is 0.232. The third-order valence-corrected chi connectivity index (χ3v) is 4.99. The molecule has 2 heterocycles. The Labute approximate surface area is 171 Å². The SMILES string of the molecule is COc1ccc(CNC(=O)c2nc(C(=O)NCCN(C)C)n3c2CCCC3)cc1. The number of likely N-dealkylation sites (N-methyl/N-ethyl adjacent to an activating group) is 1. The van der Waals surface area contributed by atoms with Gasteiger partial charge in [0.2, 0.25) is 0 Å². The molecular formula is C21H29N5O3. The summed E-state index contributed by atoms with van der Waals surface area (Å²) >= 11 is 0. The van der Waals surface area contributed by atoms with Crippen LogP contribution in [-0.4, -0.2) is 60.6 Å². The van der Waals surface area contributed by atoms with E-state index < -0.39 is 0 Å². The van der Waals surface area contributed by atoms with Crippen molar-refractivity contribution >= 4 is 11.8 Å². The third kappa shape index (κ3) is 5.14. The minimum atomic E-state index is -0.251. The van der Waals surface area contributed by atoms with Gasteiger partial charge in [0, 0.05) is 26.2 Å². The van der Waals surface area contributed by atoms with Crippen LogP contribution < -0.4 is 15.4 Å². The van der Waals surface area contributed by atoms with Crippen LogP contribution in [0, 0.1) is 0 Å². The Morgan fingerprint density at radius 3 is 2.59 bits per heavy atom. The molecule has 0 saturated carbocycles. The van der Waals surface area contributed by atoms with E-state index in [1.54, 1.807) is 7.11 Å². The van der Waals surface area contributed by atoms with Crippen molar-refractivity contribution in [1.82, 2.24) is 25.1 Å². The van der Waals surface area contributed by atoms with Crippen LogP contribution in [0.4, 0.5) is 0 Å². The van der Waals surface area contributed by atoms with Crippen LogP contribution in [0.3, 0.4) is 0 Å². The Hall–Kier alpha value is -2.87. The fourth-order valence-corrected chi connectivity index (χ4v) is 3.38. The average Bonchev–Trinajstić information content (AvgIpc) is 3.12. The molecule has 8 heteroatoms. The van der Waals surface area contributed by atoms with Gasteiger partial charge in [-0.1, -0.05) is 12.1 Å². The van der Waals surface area contributed by atoms with Crippen molar-refractivity contribution in [3.8, 4) is 5.75 Å². The highest BCUT2D eigenvalue weighted by Gasteiger charge is 2.27. The highest BCUT2D eigenvalue weighted by atomic mass is 16.5. The smallest absolute Gasteiger partial charge is 0.287 e. The van der Waals surface area contributed by atoms with Crippen LogP contribution in [-0.2, 0) is 19.5 Å². The zero-order valence-electron chi connectivity index (χ0n) is 17.3. The molecule has 1 aliphatic rings. The number of nitrogens with one attached hydrogen (secondary N) is 2. The first-order valence-corrected chi connectivity index (χ1v) is 9.93. The minimum Gasteiger partial charge on any atom is -0.497 e. The second-order valence-electron chi connectivity index (χ2n) is 7.43. The largest absolute Gasteiger partial charge is 0.497 e. The molecule has 0 atom stereocenters. The van der Waals surface area contributed by atoms with E-state index in [2.05, 4.69) is 15.6 Å². The van der Waals surface area contributed by atoms with Crippen molar-refractivity contribution < 1.29 is 14.3 Å². The van der Waals surface area contributed by atoms with Gasteiger partial charge in [0.25, 0.3) is 11.8 Å². The Balaban J connectivity index is 1.71. The lowest BCUT2D eigenvalue weighted by Gasteiger charge is -2.17. The summed E-state index contributed by atoms with van der Waals surface area (Å²) in [5.41, 5.74) is 2.17. The number of benzene rings is 1. The van der Waals surface area contributed by atoms with E-state index in [1.807, 2.05) is 47.8 Å². The van der Waals surface area contributed by atoms with E-state index in [-0.39, 0.29) is 11.8 Å². The number of carbonyl (C=O) groups excluding carboxylic acids is 2. The number of aromatic nitrogens is 2. The Morgan fingerprint density at radius 1 is 1.14 bits per heavy atom. The lowest BCUT2D eigenvalue weighted by atomic mass is 10.1. The summed E-state index contributed by atoms with van der Waals surface area (Å²) < 4.78 is 7.05. The number of carbonyl (C=O) groups is 2. The number of hydrogen-bond acceptors (Lipinski definition) is 5. The Kier molecular flexibility index (Phi) is 6.87. The molecule has 0 fully saturated rings. The second kappa shape index (κ2) is 9.56. The van der Waals surface area contributed by atoms with Gasteiger partial charge in [-0.05, 0) is 51.1 Å². The lowest BCUT2D eigenvalue weighted by molar-refractivity contribution is 0.0935. The normalized spacial score (nSPS) is 13.1. The summed E-state index contributed by atoms with van der Waals surface area (Å²) in [6.07, 6.45) is 2.73. The molecule has 2 amide bonds. The zero-order chi connectivity index (χ0) is 20.8. The highest BCUT2D eigenvalue weighted by Crippen LogP contribution is 2.21. The van der Waals surface area contributed by atoms with E-state index in [9.17, 15) is 9.59 Å². The summed E-state index contributed by atoms with van der Waals surface area (Å²) in [6, 6.07) is 7.53. The molecule has 156 valence electrons. The Bertz CT molecular complexity index is 858. The molecule has 0 unspecified atom stereocenters. The van der Waals surface area contributed by atoms with Crippen molar-refractivity contribution in [2.24, 2.45) is 0 Å². The topological polar surface area (TPSA) is 88.5 Å². The molecular weight excluding hydrogens is 370 g/mol. The van der Waals surface area contributed by atoms with Crippen molar-refractivity contribution in [3.63, 3.8) is 0 Å². The van der Waals surface area contributed by atoms with Crippen molar-refractivity contribution in [2.75, 3.05) is 34.3 Å². The molecule has 0 bridgehead atoms. The number of rotatable bonds is 8. The fraction of sp³-hybridized carbons (Fsp3) is 0.476. The van der Waals surface area contributed by atoms with Gasteiger partial charge in [-0.3, -0.25) is 9.59 Å². The second-order valence-corrected chi connectivity index (χ2v) is 7.43.